The summed E-state index contributed by atoms with van der Waals surface area (Å²) in [5.74, 6) is -0.914. The summed E-state index contributed by atoms with van der Waals surface area (Å²) < 4.78 is 0. The highest BCUT2D eigenvalue weighted by Crippen LogP contribution is 2.27. The minimum Gasteiger partial charge on any atom is -0.481 e. The number of thioether (sulfide) groups is 1. The van der Waals surface area contributed by atoms with Gasteiger partial charge in [0.15, 0.2) is 0 Å². The summed E-state index contributed by atoms with van der Waals surface area (Å²) in [5.41, 5.74) is 0.809. The number of carbonyl (C=O) groups is 2. The fourth-order valence-corrected chi connectivity index (χ4v) is 2.75. The molecule has 0 spiro atoms. The van der Waals surface area contributed by atoms with E-state index in [1.165, 1.54) is 0 Å². The average molecular weight is 308 g/mol. The van der Waals surface area contributed by atoms with Gasteiger partial charge in [-0.3, -0.25) is 14.5 Å². The van der Waals surface area contributed by atoms with Crippen molar-refractivity contribution in [3.8, 4) is 0 Å². The molecule has 0 radical (unpaired) electrons. The highest BCUT2D eigenvalue weighted by atomic mass is 32.2. The van der Waals surface area contributed by atoms with Gasteiger partial charge in [-0.2, -0.15) is 0 Å². The number of hydrogen-bond acceptors (Lipinski definition) is 4. The first-order chi connectivity index (χ1) is 10.1. The van der Waals surface area contributed by atoms with E-state index >= 15 is 0 Å². The van der Waals surface area contributed by atoms with Crippen LogP contribution in [0.1, 0.15) is 19.3 Å². The first-order valence-corrected chi connectivity index (χ1v) is 8.21. The topological polar surface area (TPSA) is 69.6 Å². The molecule has 0 saturated heterocycles. The summed E-state index contributed by atoms with van der Waals surface area (Å²) in [6.07, 6.45) is 4.14. The highest BCUT2D eigenvalue weighted by molar-refractivity contribution is 7.98. The third kappa shape index (κ3) is 5.06. The third-order valence-corrected chi connectivity index (χ3v) is 4.20. The number of carboxylic acids is 1. The SMILES string of the molecule is CSc1ccccc1NC(=O)CN(CCC(=O)O)C1CC1. The van der Waals surface area contributed by atoms with Gasteiger partial charge < -0.3 is 10.4 Å². The lowest BCUT2D eigenvalue weighted by Gasteiger charge is -2.20. The summed E-state index contributed by atoms with van der Waals surface area (Å²) in [6, 6.07) is 8.03. The van der Waals surface area contributed by atoms with Crippen LogP contribution in [0, 0.1) is 0 Å². The van der Waals surface area contributed by atoms with Gasteiger partial charge in [0.05, 0.1) is 18.7 Å². The van der Waals surface area contributed by atoms with Crippen LogP contribution in [0.3, 0.4) is 0 Å². The van der Waals surface area contributed by atoms with Gasteiger partial charge in [0.25, 0.3) is 0 Å². The molecule has 2 N–H and O–H groups in total. The predicted octanol–water partition coefficient (Wildman–Crippen LogP) is 2.29. The third-order valence-electron chi connectivity index (χ3n) is 3.40. The number of hydrogen-bond donors (Lipinski definition) is 2. The Labute approximate surface area is 128 Å². The molecule has 21 heavy (non-hydrogen) atoms. The zero-order valence-electron chi connectivity index (χ0n) is 12.0. The monoisotopic (exact) mass is 308 g/mol. The van der Waals surface area contributed by atoms with Crippen molar-refractivity contribution >= 4 is 29.3 Å². The number of anilines is 1. The minimum absolute atomic E-state index is 0.0746. The van der Waals surface area contributed by atoms with Gasteiger partial charge >= 0.3 is 5.97 Å². The first-order valence-electron chi connectivity index (χ1n) is 6.99. The highest BCUT2D eigenvalue weighted by Gasteiger charge is 2.30. The number of carbonyl (C=O) groups excluding carboxylic acids is 1. The molecule has 0 atom stereocenters. The van der Waals surface area contributed by atoms with Crippen molar-refractivity contribution in [2.45, 2.75) is 30.2 Å². The van der Waals surface area contributed by atoms with Gasteiger partial charge in [0, 0.05) is 17.5 Å². The molecule has 1 amide bonds. The van der Waals surface area contributed by atoms with E-state index in [2.05, 4.69) is 5.32 Å². The Kier molecular flexibility index (Phi) is 5.64. The zero-order chi connectivity index (χ0) is 15.2. The fraction of sp³-hybridized carbons (Fsp3) is 0.467. The lowest BCUT2D eigenvalue weighted by Crippen LogP contribution is -2.36. The molecule has 0 aliphatic heterocycles. The fourth-order valence-electron chi connectivity index (χ4n) is 2.19. The van der Waals surface area contributed by atoms with Crippen LogP contribution >= 0.6 is 11.8 Å². The van der Waals surface area contributed by atoms with Gasteiger partial charge in [-0.1, -0.05) is 12.1 Å². The molecular formula is C15H20N2O3S. The molecule has 1 saturated carbocycles. The number of nitrogens with one attached hydrogen (secondary N) is 1. The molecule has 6 heteroatoms. The van der Waals surface area contributed by atoms with Crippen molar-refractivity contribution in [2.24, 2.45) is 0 Å². The van der Waals surface area contributed by atoms with E-state index in [1.54, 1.807) is 11.8 Å². The average Bonchev–Trinajstić information content (AvgIpc) is 3.28. The molecule has 1 aromatic carbocycles. The predicted molar refractivity (Wildman–Crippen MR) is 83.7 cm³/mol. The van der Waals surface area contributed by atoms with Crippen LogP contribution in [0.2, 0.25) is 0 Å². The van der Waals surface area contributed by atoms with E-state index in [1.807, 2.05) is 35.4 Å². The number of rotatable bonds is 8. The number of carboxylic acid groups (broad SMARTS) is 1. The Balaban J connectivity index is 1.91. The standard InChI is InChI=1S/C15H20N2O3S/c1-21-13-5-3-2-4-12(13)16-14(18)10-17(11-6-7-11)9-8-15(19)20/h2-5,11H,6-10H2,1H3,(H,16,18)(H,19,20). The second kappa shape index (κ2) is 7.47. The molecule has 0 aromatic heterocycles. The smallest absolute Gasteiger partial charge is 0.304 e. The Morgan fingerprint density at radius 1 is 1.38 bits per heavy atom. The number of benzene rings is 1. The van der Waals surface area contributed by atoms with Crippen molar-refractivity contribution in [2.75, 3.05) is 24.7 Å². The Hall–Kier alpha value is -1.53. The van der Waals surface area contributed by atoms with Crippen molar-refractivity contribution in [3.05, 3.63) is 24.3 Å². The van der Waals surface area contributed by atoms with Crippen molar-refractivity contribution in [3.63, 3.8) is 0 Å². The molecule has 0 heterocycles. The van der Waals surface area contributed by atoms with Crippen molar-refractivity contribution in [1.82, 2.24) is 4.90 Å². The molecule has 1 aliphatic rings. The lowest BCUT2D eigenvalue weighted by molar-refractivity contribution is -0.137. The number of amides is 1. The molecular weight excluding hydrogens is 288 g/mol. The Morgan fingerprint density at radius 2 is 2.10 bits per heavy atom. The van der Waals surface area contributed by atoms with E-state index < -0.39 is 5.97 Å². The quantitative estimate of drug-likeness (QED) is 0.721. The molecule has 0 bridgehead atoms. The second-order valence-corrected chi connectivity index (χ2v) is 5.94. The maximum absolute atomic E-state index is 12.2. The van der Waals surface area contributed by atoms with Crippen molar-refractivity contribution in [1.29, 1.82) is 0 Å². The molecule has 1 fully saturated rings. The first kappa shape index (κ1) is 15.9. The Bertz CT molecular complexity index is 517. The maximum atomic E-state index is 12.2. The summed E-state index contributed by atoms with van der Waals surface area (Å²) in [6.45, 7) is 0.679. The van der Waals surface area contributed by atoms with E-state index in [4.69, 9.17) is 5.11 Å². The van der Waals surface area contributed by atoms with Crippen LogP contribution in [0.4, 0.5) is 5.69 Å². The summed E-state index contributed by atoms with van der Waals surface area (Å²) in [5, 5.41) is 11.7. The summed E-state index contributed by atoms with van der Waals surface area (Å²) in [7, 11) is 0. The second-order valence-electron chi connectivity index (χ2n) is 5.09. The van der Waals surface area contributed by atoms with E-state index in [0.29, 0.717) is 12.6 Å². The normalized spacial score (nSPS) is 14.2. The maximum Gasteiger partial charge on any atom is 0.304 e. The summed E-state index contributed by atoms with van der Waals surface area (Å²) in [4.78, 5) is 25.8. The molecule has 114 valence electrons. The van der Waals surface area contributed by atoms with Crippen molar-refractivity contribution < 1.29 is 14.7 Å². The van der Waals surface area contributed by atoms with Gasteiger partial charge in [-0.05, 0) is 31.2 Å². The largest absolute Gasteiger partial charge is 0.481 e. The van der Waals surface area contributed by atoms with Crippen LogP contribution in [0.15, 0.2) is 29.2 Å². The molecule has 0 unspecified atom stereocenters. The number of para-hydroxylation sites is 1. The molecule has 1 aromatic rings. The van der Waals surface area contributed by atoms with Crippen LogP contribution in [0.25, 0.3) is 0 Å². The number of aliphatic carboxylic acids is 1. The lowest BCUT2D eigenvalue weighted by atomic mass is 10.3. The van der Waals surface area contributed by atoms with Crippen LogP contribution < -0.4 is 5.32 Å². The van der Waals surface area contributed by atoms with E-state index in [0.717, 1.165) is 23.4 Å². The van der Waals surface area contributed by atoms with Crippen LogP contribution in [0.5, 0.6) is 0 Å². The Morgan fingerprint density at radius 3 is 2.71 bits per heavy atom. The minimum atomic E-state index is -0.825. The van der Waals surface area contributed by atoms with Crippen LogP contribution in [-0.4, -0.2) is 47.3 Å². The van der Waals surface area contributed by atoms with Gasteiger partial charge in [0.2, 0.25) is 5.91 Å². The molecule has 5 nitrogen and oxygen atoms in total. The van der Waals surface area contributed by atoms with Crippen LogP contribution in [-0.2, 0) is 9.59 Å². The summed E-state index contributed by atoms with van der Waals surface area (Å²) >= 11 is 1.58. The van der Waals surface area contributed by atoms with E-state index in [-0.39, 0.29) is 18.9 Å². The van der Waals surface area contributed by atoms with E-state index in [9.17, 15) is 9.59 Å². The van der Waals surface area contributed by atoms with Gasteiger partial charge in [-0.25, -0.2) is 0 Å². The molecule has 2 rings (SSSR count). The van der Waals surface area contributed by atoms with Gasteiger partial charge in [0.1, 0.15) is 0 Å². The van der Waals surface area contributed by atoms with Gasteiger partial charge in [-0.15, -0.1) is 11.8 Å². The zero-order valence-corrected chi connectivity index (χ0v) is 12.9. The molecule has 1 aliphatic carbocycles. The number of nitrogens with zero attached hydrogens (tertiary/aromatic N) is 1.